The molecule has 0 spiro atoms. The van der Waals surface area contributed by atoms with E-state index in [2.05, 4.69) is 23.3 Å². The third-order valence-corrected chi connectivity index (χ3v) is 3.19. The highest BCUT2D eigenvalue weighted by molar-refractivity contribution is 5.75. The van der Waals surface area contributed by atoms with Crippen molar-refractivity contribution in [1.82, 2.24) is 4.90 Å². The Bertz CT molecular complexity index is 432. The molecule has 1 aliphatic heterocycles. The third kappa shape index (κ3) is 3.01. The summed E-state index contributed by atoms with van der Waals surface area (Å²) in [4.78, 5) is 13.6. The number of nitrogens with one attached hydrogen (secondary N) is 1. The molecule has 1 heterocycles. The summed E-state index contributed by atoms with van der Waals surface area (Å²) in [6, 6.07) is 6.23. The van der Waals surface area contributed by atoms with Crippen molar-refractivity contribution in [3.8, 4) is 0 Å². The molecule has 4 heteroatoms. The number of carbonyl (C=O) groups is 1. The first-order chi connectivity index (χ1) is 8.70. The fraction of sp³-hybridized carbons (Fsp3) is 0.500. The molecule has 0 fully saturated rings. The second kappa shape index (κ2) is 5.87. The van der Waals surface area contributed by atoms with Crippen molar-refractivity contribution in [2.45, 2.75) is 19.9 Å². The SMILES string of the molecule is CCOC(=O)CNc1cccc2c1CN(C)CC2. The summed E-state index contributed by atoms with van der Waals surface area (Å²) in [5, 5.41) is 3.18. The van der Waals surface area contributed by atoms with Gasteiger partial charge in [-0.1, -0.05) is 12.1 Å². The molecule has 0 unspecified atom stereocenters. The van der Waals surface area contributed by atoms with Crippen molar-refractivity contribution >= 4 is 11.7 Å². The van der Waals surface area contributed by atoms with Gasteiger partial charge in [-0.15, -0.1) is 0 Å². The quantitative estimate of drug-likeness (QED) is 0.823. The Kier molecular flexibility index (Phi) is 4.20. The zero-order chi connectivity index (χ0) is 13.0. The first-order valence-corrected chi connectivity index (χ1v) is 6.39. The molecule has 0 saturated heterocycles. The zero-order valence-electron chi connectivity index (χ0n) is 11.0. The van der Waals surface area contributed by atoms with Crippen molar-refractivity contribution in [3.05, 3.63) is 29.3 Å². The molecular formula is C14H20N2O2. The van der Waals surface area contributed by atoms with Gasteiger partial charge in [-0.2, -0.15) is 0 Å². The van der Waals surface area contributed by atoms with E-state index >= 15 is 0 Å². The van der Waals surface area contributed by atoms with E-state index in [-0.39, 0.29) is 12.5 Å². The number of rotatable bonds is 4. The van der Waals surface area contributed by atoms with Crippen LogP contribution in [-0.2, 0) is 22.5 Å². The van der Waals surface area contributed by atoms with Gasteiger partial charge < -0.3 is 15.0 Å². The Morgan fingerprint density at radius 1 is 1.50 bits per heavy atom. The van der Waals surface area contributed by atoms with E-state index in [1.165, 1.54) is 11.1 Å². The second-order valence-electron chi connectivity index (χ2n) is 4.59. The molecule has 0 amide bonds. The molecule has 0 radical (unpaired) electrons. The smallest absolute Gasteiger partial charge is 0.325 e. The summed E-state index contributed by atoms with van der Waals surface area (Å²) in [6.07, 6.45) is 1.07. The number of carbonyl (C=O) groups excluding carboxylic acids is 1. The lowest BCUT2D eigenvalue weighted by Crippen LogP contribution is -2.28. The standard InChI is InChI=1S/C14H20N2O2/c1-3-18-14(17)9-15-13-6-4-5-11-7-8-16(2)10-12(11)13/h4-6,15H,3,7-10H2,1-2H3. The van der Waals surface area contributed by atoms with E-state index in [9.17, 15) is 4.79 Å². The fourth-order valence-electron chi connectivity index (χ4n) is 2.26. The summed E-state index contributed by atoms with van der Waals surface area (Å²) in [5.74, 6) is -0.209. The Morgan fingerprint density at radius 2 is 2.33 bits per heavy atom. The summed E-state index contributed by atoms with van der Waals surface area (Å²) in [5.41, 5.74) is 3.73. The maximum absolute atomic E-state index is 11.4. The number of fused-ring (bicyclic) bond motifs is 1. The average Bonchev–Trinajstić information content (AvgIpc) is 2.36. The normalized spacial score (nSPS) is 15.0. The van der Waals surface area contributed by atoms with Crippen LogP contribution >= 0.6 is 0 Å². The summed E-state index contributed by atoms with van der Waals surface area (Å²) >= 11 is 0. The first-order valence-electron chi connectivity index (χ1n) is 6.39. The van der Waals surface area contributed by atoms with Gasteiger partial charge >= 0.3 is 5.97 Å². The Labute approximate surface area is 108 Å². The number of benzene rings is 1. The maximum Gasteiger partial charge on any atom is 0.325 e. The zero-order valence-corrected chi connectivity index (χ0v) is 11.0. The summed E-state index contributed by atoms with van der Waals surface area (Å²) in [6.45, 7) is 4.50. The number of esters is 1. The molecule has 1 N–H and O–H groups in total. The molecule has 1 aromatic rings. The monoisotopic (exact) mass is 248 g/mol. The van der Waals surface area contributed by atoms with E-state index in [0.717, 1.165) is 25.2 Å². The number of ether oxygens (including phenoxy) is 1. The summed E-state index contributed by atoms with van der Waals surface area (Å²) < 4.78 is 4.92. The third-order valence-electron chi connectivity index (χ3n) is 3.19. The summed E-state index contributed by atoms with van der Waals surface area (Å²) in [7, 11) is 2.12. The number of anilines is 1. The molecular weight excluding hydrogens is 228 g/mol. The molecule has 0 atom stereocenters. The van der Waals surface area contributed by atoms with Gasteiger partial charge in [0.15, 0.2) is 0 Å². The van der Waals surface area contributed by atoms with Gasteiger partial charge in [0.05, 0.1) is 6.61 Å². The van der Waals surface area contributed by atoms with Gasteiger partial charge in [0, 0.05) is 18.8 Å². The molecule has 4 nitrogen and oxygen atoms in total. The highest BCUT2D eigenvalue weighted by Gasteiger charge is 2.16. The molecule has 98 valence electrons. The average molecular weight is 248 g/mol. The van der Waals surface area contributed by atoms with Crippen LogP contribution in [-0.4, -0.2) is 37.6 Å². The van der Waals surface area contributed by atoms with Gasteiger partial charge in [-0.05, 0) is 37.6 Å². The largest absolute Gasteiger partial charge is 0.465 e. The van der Waals surface area contributed by atoms with Crippen LogP contribution in [0.4, 0.5) is 5.69 Å². The second-order valence-corrected chi connectivity index (χ2v) is 4.59. The van der Waals surface area contributed by atoms with Crippen molar-refractivity contribution < 1.29 is 9.53 Å². The minimum absolute atomic E-state index is 0.209. The van der Waals surface area contributed by atoms with Crippen molar-refractivity contribution in [1.29, 1.82) is 0 Å². The Morgan fingerprint density at radius 3 is 3.11 bits per heavy atom. The van der Waals surface area contributed by atoms with E-state index < -0.39 is 0 Å². The molecule has 1 aromatic carbocycles. The van der Waals surface area contributed by atoms with E-state index in [1.54, 1.807) is 0 Å². The van der Waals surface area contributed by atoms with Crippen LogP contribution in [0.1, 0.15) is 18.1 Å². The Balaban J connectivity index is 2.07. The van der Waals surface area contributed by atoms with Crippen LogP contribution in [0, 0.1) is 0 Å². The van der Waals surface area contributed by atoms with Crippen molar-refractivity contribution in [2.75, 3.05) is 32.1 Å². The molecule has 0 aliphatic carbocycles. The van der Waals surface area contributed by atoms with Crippen LogP contribution in [0.2, 0.25) is 0 Å². The highest BCUT2D eigenvalue weighted by Crippen LogP contribution is 2.25. The van der Waals surface area contributed by atoms with Crippen LogP contribution in [0.3, 0.4) is 0 Å². The van der Waals surface area contributed by atoms with Crippen LogP contribution in [0.25, 0.3) is 0 Å². The lowest BCUT2D eigenvalue weighted by atomic mass is 9.98. The first kappa shape index (κ1) is 12.9. The minimum atomic E-state index is -0.209. The Hall–Kier alpha value is -1.55. The van der Waals surface area contributed by atoms with E-state index in [1.807, 2.05) is 19.1 Å². The van der Waals surface area contributed by atoms with Crippen molar-refractivity contribution in [3.63, 3.8) is 0 Å². The molecule has 2 rings (SSSR count). The molecule has 18 heavy (non-hydrogen) atoms. The van der Waals surface area contributed by atoms with E-state index in [4.69, 9.17) is 4.74 Å². The fourth-order valence-corrected chi connectivity index (χ4v) is 2.26. The van der Waals surface area contributed by atoms with Crippen LogP contribution in [0.15, 0.2) is 18.2 Å². The predicted octanol–water partition coefficient (Wildman–Crippen LogP) is 1.65. The highest BCUT2D eigenvalue weighted by atomic mass is 16.5. The lowest BCUT2D eigenvalue weighted by Gasteiger charge is -2.27. The molecule has 0 bridgehead atoms. The van der Waals surface area contributed by atoms with E-state index in [0.29, 0.717) is 6.61 Å². The van der Waals surface area contributed by atoms with Gasteiger partial charge in [-0.3, -0.25) is 4.79 Å². The number of hydrogen-bond donors (Lipinski definition) is 1. The van der Waals surface area contributed by atoms with Crippen LogP contribution < -0.4 is 5.32 Å². The molecule has 0 saturated carbocycles. The molecule has 0 aromatic heterocycles. The minimum Gasteiger partial charge on any atom is -0.465 e. The van der Waals surface area contributed by atoms with Crippen molar-refractivity contribution in [2.24, 2.45) is 0 Å². The number of nitrogens with zero attached hydrogens (tertiary/aromatic N) is 1. The topological polar surface area (TPSA) is 41.6 Å². The number of likely N-dealkylation sites (N-methyl/N-ethyl adjacent to an activating group) is 1. The van der Waals surface area contributed by atoms with Gasteiger partial charge in [0.1, 0.15) is 6.54 Å². The maximum atomic E-state index is 11.4. The predicted molar refractivity (Wildman–Crippen MR) is 71.6 cm³/mol. The van der Waals surface area contributed by atoms with Gasteiger partial charge in [0.2, 0.25) is 0 Å². The van der Waals surface area contributed by atoms with Gasteiger partial charge in [0.25, 0.3) is 0 Å². The lowest BCUT2D eigenvalue weighted by molar-refractivity contribution is -0.140. The number of hydrogen-bond acceptors (Lipinski definition) is 4. The van der Waals surface area contributed by atoms with Gasteiger partial charge in [-0.25, -0.2) is 0 Å². The van der Waals surface area contributed by atoms with Crippen LogP contribution in [0.5, 0.6) is 0 Å². The molecule has 1 aliphatic rings.